The van der Waals surface area contributed by atoms with Crippen molar-refractivity contribution in [2.45, 2.75) is 26.0 Å². The molecule has 1 amide bonds. The molecular weight excluding hydrogens is 328 g/mol. The molecule has 6 nitrogen and oxygen atoms in total. The predicted molar refractivity (Wildman–Crippen MR) is 94.4 cm³/mol. The van der Waals surface area contributed by atoms with Crippen LogP contribution in [0.1, 0.15) is 19.5 Å². The van der Waals surface area contributed by atoms with Crippen molar-refractivity contribution in [1.29, 1.82) is 0 Å². The first kappa shape index (κ1) is 18.0. The molecule has 0 aliphatic heterocycles. The number of carbonyl (C=O) groups is 1. The van der Waals surface area contributed by atoms with Crippen LogP contribution in [0.15, 0.2) is 36.5 Å². The number of hydrogen-bond donors (Lipinski definition) is 1. The second-order valence-corrected chi connectivity index (χ2v) is 6.43. The van der Waals surface area contributed by atoms with Gasteiger partial charge in [0.2, 0.25) is 5.95 Å². The van der Waals surface area contributed by atoms with Gasteiger partial charge in [-0.15, -0.1) is 0 Å². The normalized spacial score (nSPS) is 11.0. The minimum absolute atomic E-state index is 0.234. The van der Waals surface area contributed by atoms with E-state index in [0.717, 1.165) is 5.69 Å². The van der Waals surface area contributed by atoms with Crippen LogP contribution in [-0.4, -0.2) is 35.6 Å². The maximum atomic E-state index is 12.4. The molecule has 1 aromatic heterocycles. The molecule has 2 rings (SSSR count). The number of rotatable bonds is 6. The molecule has 0 atom stereocenters. The average Bonchev–Trinajstić information content (AvgIpc) is 2.54. The van der Waals surface area contributed by atoms with Gasteiger partial charge in [0.05, 0.1) is 12.2 Å². The quantitative estimate of drug-likeness (QED) is 0.869. The molecule has 0 spiro atoms. The maximum Gasteiger partial charge on any atom is 0.263 e. The fourth-order valence-corrected chi connectivity index (χ4v) is 2.05. The lowest BCUT2D eigenvalue weighted by molar-refractivity contribution is -0.134. The van der Waals surface area contributed by atoms with E-state index in [4.69, 9.17) is 16.3 Å². The van der Waals surface area contributed by atoms with Crippen molar-refractivity contribution in [3.05, 3.63) is 47.2 Å². The van der Waals surface area contributed by atoms with Gasteiger partial charge < -0.3 is 15.0 Å². The first-order chi connectivity index (χ1) is 11.3. The van der Waals surface area contributed by atoms with Crippen molar-refractivity contribution in [3.63, 3.8) is 0 Å². The Bertz CT molecular complexity index is 702. The van der Waals surface area contributed by atoms with Crippen LogP contribution in [-0.2, 0) is 11.3 Å². The van der Waals surface area contributed by atoms with Gasteiger partial charge in [0.15, 0.2) is 5.60 Å². The molecule has 0 radical (unpaired) electrons. The van der Waals surface area contributed by atoms with Crippen LogP contribution in [0, 0.1) is 0 Å². The molecule has 0 aliphatic carbocycles. The van der Waals surface area contributed by atoms with Gasteiger partial charge in [-0.1, -0.05) is 11.6 Å². The lowest BCUT2D eigenvalue weighted by atomic mass is 10.1. The Morgan fingerprint density at radius 2 is 1.92 bits per heavy atom. The first-order valence-corrected chi connectivity index (χ1v) is 7.88. The van der Waals surface area contributed by atoms with E-state index in [9.17, 15) is 4.79 Å². The molecule has 1 aromatic carbocycles. The van der Waals surface area contributed by atoms with Crippen molar-refractivity contribution in [1.82, 2.24) is 15.3 Å². The zero-order valence-electron chi connectivity index (χ0n) is 14.2. The second kappa shape index (κ2) is 7.49. The second-order valence-electron chi connectivity index (χ2n) is 5.99. The third-order valence-corrected chi connectivity index (χ3v) is 3.52. The van der Waals surface area contributed by atoms with Crippen LogP contribution < -0.4 is 15.0 Å². The van der Waals surface area contributed by atoms with Gasteiger partial charge in [0.25, 0.3) is 5.91 Å². The van der Waals surface area contributed by atoms with Gasteiger partial charge in [-0.2, -0.15) is 0 Å². The molecule has 0 aliphatic rings. The fraction of sp³-hybridized carbons (Fsp3) is 0.353. The van der Waals surface area contributed by atoms with Crippen molar-refractivity contribution in [3.8, 4) is 5.75 Å². The van der Waals surface area contributed by atoms with Gasteiger partial charge in [-0.05, 0) is 44.2 Å². The zero-order valence-corrected chi connectivity index (χ0v) is 15.0. The molecule has 1 heterocycles. The van der Waals surface area contributed by atoms with E-state index in [2.05, 4.69) is 15.3 Å². The van der Waals surface area contributed by atoms with Crippen molar-refractivity contribution >= 4 is 23.5 Å². The Kier molecular flexibility index (Phi) is 5.62. The average molecular weight is 349 g/mol. The number of ether oxygens (including phenoxy) is 1. The Balaban J connectivity index is 1.97. The van der Waals surface area contributed by atoms with E-state index in [1.165, 1.54) is 0 Å². The number of amides is 1. The molecule has 24 heavy (non-hydrogen) atoms. The van der Waals surface area contributed by atoms with E-state index in [1.54, 1.807) is 55.3 Å². The standard InChI is InChI=1S/C17H21ClN4O2/c1-17(2,24-14-7-5-12(18)6-8-14)15(23)20-11-13-9-10-19-16(21-13)22(3)4/h5-10H,11H2,1-4H3,(H,20,23). The molecule has 0 saturated carbocycles. The lowest BCUT2D eigenvalue weighted by Crippen LogP contribution is -2.46. The number of carbonyl (C=O) groups excluding carboxylic acids is 1. The van der Waals surface area contributed by atoms with E-state index in [0.29, 0.717) is 23.3 Å². The van der Waals surface area contributed by atoms with Crippen molar-refractivity contribution in [2.75, 3.05) is 19.0 Å². The number of anilines is 1. The summed E-state index contributed by atoms with van der Waals surface area (Å²) >= 11 is 5.85. The molecular formula is C17H21ClN4O2. The van der Waals surface area contributed by atoms with E-state index in [-0.39, 0.29) is 5.91 Å². The lowest BCUT2D eigenvalue weighted by Gasteiger charge is -2.25. The highest BCUT2D eigenvalue weighted by Gasteiger charge is 2.29. The minimum Gasteiger partial charge on any atom is -0.478 e. The molecule has 0 saturated heterocycles. The van der Waals surface area contributed by atoms with Crippen LogP contribution in [0.3, 0.4) is 0 Å². The van der Waals surface area contributed by atoms with Crippen LogP contribution in [0.4, 0.5) is 5.95 Å². The number of benzene rings is 1. The summed E-state index contributed by atoms with van der Waals surface area (Å²) in [5, 5.41) is 3.45. The van der Waals surface area contributed by atoms with Gasteiger partial charge in [-0.3, -0.25) is 4.79 Å². The molecule has 2 aromatic rings. The molecule has 1 N–H and O–H groups in total. The van der Waals surface area contributed by atoms with Crippen molar-refractivity contribution < 1.29 is 9.53 Å². The van der Waals surface area contributed by atoms with Gasteiger partial charge >= 0.3 is 0 Å². The van der Waals surface area contributed by atoms with Crippen LogP contribution in [0.5, 0.6) is 5.75 Å². The fourth-order valence-electron chi connectivity index (χ4n) is 1.93. The minimum atomic E-state index is -1.02. The Labute approximate surface area is 146 Å². The molecule has 0 unspecified atom stereocenters. The number of halogens is 1. The summed E-state index contributed by atoms with van der Waals surface area (Å²) in [7, 11) is 3.72. The zero-order chi connectivity index (χ0) is 17.7. The summed E-state index contributed by atoms with van der Waals surface area (Å²) in [6, 6.07) is 8.65. The summed E-state index contributed by atoms with van der Waals surface area (Å²) in [5.74, 6) is 0.942. The Morgan fingerprint density at radius 1 is 1.25 bits per heavy atom. The molecule has 128 valence electrons. The summed E-state index contributed by atoms with van der Waals surface area (Å²) in [6.45, 7) is 3.72. The van der Waals surface area contributed by atoms with Gasteiger partial charge in [0, 0.05) is 25.3 Å². The molecule has 0 bridgehead atoms. The number of aromatic nitrogens is 2. The highest BCUT2D eigenvalue weighted by atomic mass is 35.5. The van der Waals surface area contributed by atoms with Crippen LogP contribution in [0.2, 0.25) is 5.02 Å². The summed E-state index contributed by atoms with van der Waals surface area (Å²) in [4.78, 5) is 22.7. The molecule has 7 heteroatoms. The third-order valence-electron chi connectivity index (χ3n) is 3.26. The number of hydrogen-bond acceptors (Lipinski definition) is 5. The summed E-state index contributed by atoms with van der Waals surface area (Å²) in [6.07, 6.45) is 1.67. The van der Waals surface area contributed by atoms with E-state index < -0.39 is 5.60 Å². The van der Waals surface area contributed by atoms with Crippen LogP contribution in [0.25, 0.3) is 0 Å². The highest BCUT2D eigenvalue weighted by Crippen LogP contribution is 2.21. The first-order valence-electron chi connectivity index (χ1n) is 7.50. The smallest absolute Gasteiger partial charge is 0.263 e. The summed E-state index contributed by atoms with van der Waals surface area (Å²) < 4.78 is 5.76. The third kappa shape index (κ3) is 4.83. The SMILES string of the molecule is CN(C)c1nccc(CNC(=O)C(C)(C)Oc2ccc(Cl)cc2)n1. The van der Waals surface area contributed by atoms with Crippen molar-refractivity contribution in [2.24, 2.45) is 0 Å². The molecule has 0 fully saturated rings. The Hall–Kier alpha value is -2.34. The van der Waals surface area contributed by atoms with E-state index in [1.807, 2.05) is 14.1 Å². The maximum absolute atomic E-state index is 12.4. The van der Waals surface area contributed by atoms with E-state index >= 15 is 0 Å². The number of nitrogens with zero attached hydrogens (tertiary/aromatic N) is 3. The monoisotopic (exact) mass is 348 g/mol. The largest absolute Gasteiger partial charge is 0.478 e. The van der Waals surface area contributed by atoms with Gasteiger partial charge in [-0.25, -0.2) is 9.97 Å². The topological polar surface area (TPSA) is 67.4 Å². The highest BCUT2D eigenvalue weighted by molar-refractivity contribution is 6.30. The van der Waals surface area contributed by atoms with Gasteiger partial charge in [0.1, 0.15) is 5.75 Å². The number of nitrogens with one attached hydrogen (secondary N) is 1. The Morgan fingerprint density at radius 3 is 2.54 bits per heavy atom. The predicted octanol–water partition coefficient (Wildman–Crippen LogP) is 2.67. The van der Waals surface area contributed by atoms with Crippen LogP contribution >= 0.6 is 11.6 Å². The summed E-state index contributed by atoms with van der Waals surface area (Å²) in [5.41, 5.74) is -0.296.